The quantitative estimate of drug-likeness (QED) is 0.386. The molecule has 3 saturated carbocycles. The summed E-state index contributed by atoms with van der Waals surface area (Å²) in [7, 11) is 0. The number of nitrogens with zero attached hydrogens (tertiary/aromatic N) is 2. The number of alkyl halides is 3. The van der Waals surface area contributed by atoms with Crippen LogP contribution >= 0.6 is 0 Å². The first-order chi connectivity index (χ1) is 18.5. The maximum absolute atomic E-state index is 13.8. The number of fused-ring (bicyclic) bond motifs is 1. The molecule has 40 heavy (non-hydrogen) atoms. The molecule has 0 bridgehead atoms. The number of ether oxygens (including phenoxy) is 1. The lowest BCUT2D eigenvalue weighted by molar-refractivity contribution is -0.177. The molecule has 7 unspecified atom stereocenters. The standard InChI is InChI=1S/C27H36F3N5O5/c1-13(40-25(4)5-6-25)18(33-23(39)27(28,29)30)22(38)35-12-16-17(24(16,2)3)19(35)21(37)32-15(11-31)9-14-10-26(7-8-26)34-20(14)36/h13-19H,5-10,12H2,1-4H3,(H,32,37)(H,33,39)(H,34,36). The Bertz CT molecular complexity index is 1160. The Morgan fingerprint density at radius 1 is 1.18 bits per heavy atom. The first-order valence-corrected chi connectivity index (χ1v) is 13.9. The van der Waals surface area contributed by atoms with Crippen LogP contribution in [0.1, 0.15) is 66.2 Å². The van der Waals surface area contributed by atoms with Gasteiger partial charge in [0.2, 0.25) is 17.7 Å². The van der Waals surface area contributed by atoms with Gasteiger partial charge in [-0.15, -0.1) is 0 Å². The predicted molar refractivity (Wildman–Crippen MR) is 133 cm³/mol. The van der Waals surface area contributed by atoms with E-state index in [4.69, 9.17) is 4.74 Å². The van der Waals surface area contributed by atoms with Gasteiger partial charge >= 0.3 is 12.1 Å². The van der Waals surface area contributed by atoms with E-state index in [1.807, 2.05) is 19.9 Å². The Kier molecular flexibility index (Phi) is 6.68. The number of amides is 4. The number of nitriles is 1. The van der Waals surface area contributed by atoms with E-state index in [2.05, 4.69) is 10.6 Å². The summed E-state index contributed by atoms with van der Waals surface area (Å²) in [6, 6.07) is -1.63. The Balaban J connectivity index is 1.32. The summed E-state index contributed by atoms with van der Waals surface area (Å²) < 4.78 is 45.4. The molecule has 0 aromatic rings. The second kappa shape index (κ2) is 9.33. The highest BCUT2D eigenvalue weighted by atomic mass is 19.4. The number of carbonyl (C=O) groups is 4. The molecule has 4 amide bonds. The highest BCUT2D eigenvalue weighted by Gasteiger charge is 2.70. The molecule has 3 N–H and O–H groups in total. The number of likely N-dealkylation sites (tertiary alicyclic amines) is 1. The monoisotopic (exact) mass is 567 g/mol. The van der Waals surface area contributed by atoms with Crippen LogP contribution in [0.2, 0.25) is 0 Å². The van der Waals surface area contributed by atoms with Crippen molar-refractivity contribution in [2.24, 2.45) is 23.2 Å². The summed E-state index contributed by atoms with van der Waals surface area (Å²) in [6.45, 7) is 7.24. The fraction of sp³-hybridized carbons (Fsp3) is 0.815. The molecule has 0 aromatic heterocycles. The van der Waals surface area contributed by atoms with Gasteiger partial charge in [0.15, 0.2) is 0 Å². The lowest BCUT2D eigenvalue weighted by Gasteiger charge is -2.35. The number of halogens is 3. The van der Waals surface area contributed by atoms with Gasteiger partial charge in [0.1, 0.15) is 18.1 Å². The molecule has 2 aliphatic heterocycles. The van der Waals surface area contributed by atoms with Gasteiger partial charge < -0.3 is 25.6 Å². The Morgan fingerprint density at radius 3 is 2.35 bits per heavy atom. The number of hydrogen-bond acceptors (Lipinski definition) is 6. The molecule has 2 heterocycles. The lowest BCUT2D eigenvalue weighted by Crippen LogP contribution is -2.61. The lowest BCUT2D eigenvalue weighted by atomic mass is 9.95. The third-order valence-corrected chi connectivity index (χ3v) is 9.71. The summed E-state index contributed by atoms with van der Waals surface area (Å²) in [5.41, 5.74) is -1.06. The van der Waals surface area contributed by atoms with E-state index >= 15 is 0 Å². The van der Waals surface area contributed by atoms with Crippen molar-refractivity contribution in [3.63, 3.8) is 0 Å². The Morgan fingerprint density at radius 2 is 1.82 bits per heavy atom. The fourth-order valence-corrected chi connectivity index (χ4v) is 6.74. The second-order valence-electron chi connectivity index (χ2n) is 13.2. The Hall–Kier alpha value is -2.88. The van der Waals surface area contributed by atoms with Gasteiger partial charge in [-0.1, -0.05) is 13.8 Å². The normalized spacial score (nSPS) is 32.2. The first kappa shape index (κ1) is 28.6. The van der Waals surface area contributed by atoms with E-state index in [0.29, 0.717) is 19.3 Å². The molecule has 5 rings (SSSR count). The van der Waals surface area contributed by atoms with Gasteiger partial charge in [0.05, 0.1) is 17.8 Å². The zero-order chi connectivity index (χ0) is 29.4. The van der Waals surface area contributed by atoms with Crippen molar-refractivity contribution >= 4 is 23.6 Å². The molecule has 1 spiro atoms. The zero-order valence-electron chi connectivity index (χ0n) is 23.1. The molecule has 0 aromatic carbocycles. The molecule has 220 valence electrons. The van der Waals surface area contributed by atoms with Crippen molar-refractivity contribution in [3.05, 3.63) is 0 Å². The highest BCUT2D eigenvalue weighted by molar-refractivity contribution is 5.95. The summed E-state index contributed by atoms with van der Waals surface area (Å²) in [6.07, 6.45) is -2.43. The van der Waals surface area contributed by atoms with E-state index in [9.17, 15) is 37.6 Å². The third kappa shape index (κ3) is 5.27. The van der Waals surface area contributed by atoms with E-state index in [1.165, 1.54) is 11.8 Å². The molecule has 10 nitrogen and oxygen atoms in total. The number of rotatable bonds is 9. The fourth-order valence-electron chi connectivity index (χ4n) is 6.74. The minimum atomic E-state index is -5.21. The van der Waals surface area contributed by atoms with Crippen LogP contribution in [0.4, 0.5) is 13.2 Å². The largest absolute Gasteiger partial charge is 0.471 e. The minimum absolute atomic E-state index is 0.0702. The third-order valence-electron chi connectivity index (χ3n) is 9.71. The Labute approximate surface area is 230 Å². The summed E-state index contributed by atoms with van der Waals surface area (Å²) in [4.78, 5) is 52.9. The van der Waals surface area contributed by atoms with Crippen LogP contribution in [0.15, 0.2) is 0 Å². The first-order valence-electron chi connectivity index (χ1n) is 13.9. The SMILES string of the molecule is CC(OC1(C)CC1)C(NC(=O)C(F)(F)F)C(=O)N1CC2C(C1C(=O)NC(C#N)CC1CC3(CC3)NC1=O)C2(C)C. The maximum atomic E-state index is 13.8. The molecule has 7 atom stereocenters. The molecule has 13 heteroatoms. The molecular weight excluding hydrogens is 531 g/mol. The van der Waals surface area contributed by atoms with E-state index in [0.717, 1.165) is 12.8 Å². The van der Waals surface area contributed by atoms with Crippen molar-refractivity contribution in [1.29, 1.82) is 5.26 Å². The van der Waals surface area contributed by atoms with E-state index in [1.54, 1.807) is 12.2 Å². The maximum Gasteiger partial charge on any atom is 0.471 e. The summed E-state index contributed by atoms with van der Waals surface area (Å²) in [5, 5.41) is 17.2. The number of carbonyl (C=O) groups excluding carboxylic acids is 4. The van der Waals surface area contributed by atoms with Crippen LogP contribution in [-0.2, 0) is 23.9 Å². The van der Waals surface area contributed by atoms with Crippen LogP contribution in [0.25, 0.3) is 0 Å². The van der Waals surface area contributed by atoms with E-state index in [-0.39, 0.29) is 41.7 Å². The van der Waals surface area contributed by atoms with Crippen LogP contribution in [0, 0.1) is 34.5 Å². The predicted octanol–water partition coefficient (Wildman–Crippen LogP) is 1.54. The van der Waals surface area contributed by atoms with Crippen molar-refractivity contribution in [3.8, 4) is 6.07 Å². The van der Waals surface area contributed by atoms with Crippen molar-refractivity contribution in [1.82, 2.24) is 20.9 Å². The van der Waals surface area contributed by atoms with Crippen molar-refractivity contribution in [2.45, 2.75) is 108 Å². The molecule has 3 aliphatic carbocycles. The van der Waals surface area contributed by atoms with Gasteiger partial charge in [-0.3, -0.25) is 19.2 Å². The van der Waals surface area contributed by atoms with Gasteiger partial charge in [-0.25, -0.2) is 0 Å². The van der Waals surface area contributed by atoms with E-state index < -0.39 is 59.6 Å². The number of nitrogens with one attached hydrogen (secondary N) is 3. The topological polar surface area (TPSA) is 141 Å². The number of piperidine rings is 1. The van der Waals surface area contributed by atoms with Gasteiger partial charge in [0.25, 0.3) is 0 Å². The van der Waals surface area contributed by atoms with Gasteiger partial charge in [-0.2, -0.15) is 18.4 Å². The van der Waals surface area contributed by atoms with Crippen molar-refractivity contribution in [2.75, 3.05) is 6.54 Å². The molecule has 2 saturated heterocycles. The number of hydrogen-bond donors (Lipinski definition) is 3. The molecular formula is C27H36F3N5O5. The summed E-state index contributed by atoms with van der Waals surface area (Å²) >= 11 is 0. The van der Waals surface area contributed by atoms with Crippen LogP contribution in [-0.4, -0.2) is 76.6 Å². The van der Waals surface area contributed by atoms with Crippen LogP contribution in [0.3, 0.4) is 0 Å². The van der Waals surface area contributed by atoms with Crippen molar-refractivity contribution < 1.29 is 37.1 Å². The van der Waals surface area contributed by atoms with Gasteiger partial charge in [-0.05, 0) is 69.6 Å². The molecule has 5 aliphatic rings. The van der Waals surface area contributed by atoms with Crippen LogP contribution < -0.4 is 16.0 Å². The minimum Gasteiger partial charge on any atom is -0.370 e. The smallest absolute Gasteiger partial charge is 0.370 e. The van der Waals surface area contributed by atoms with Crippen LogP contribution in [0.5, 0.6) is 0 Å². The average Bonchev–Trinajstić information content (AvgIpc) is 3.77. The van der Waals surface area contributed by atoms with Gasteiger partial charge in [0, 0.05) is 18.0 Å². The summed E-state index contributed by atoms with van der Waals surface area (Å²) in [5.74, 6) is -4.59. The molecule has 5 fully saturated rings. The zero-order valence-corrected chi connectivity index (χ0v) is 23.1. The average molecular weight is 568 g/mol. The highest BCUT2D eigenvalue weighted by Crippen LogP contribution is 2.65. The molecule has 0 radical (unpaired) electrons. The second-order valence-corrected chi connectivity index (χ2v) is 13.2.